The lowest BCUT2D eigenvalue weighted by atomic mass is 9.92. The van der Waals surface area contributed by atoms with Crippen LogP contribution in [-0.2, 0) is 6.42 Å². The third-order valence-corrected chi connectivity index (χ3v) is 6.35. The zero-order chi connectivity index (χ0) is 22.2. The molecular formula is C27H27N3O2. The van der Waals surface area contributed by atoms with Gasteiger partial charge in [-0.1, -0.05) is 48.0 Å². The second kappa shape index (κ2) is 8.08. The summed E-state index contributed by atoms with van der Waals surface area (Å²) in [7, 11) is 1.66. The Labute approximate surface area is 188 Å². The van der Waals surface area contributed by atoms with Gasteiger partial charge < -0.3 is 19.9 Å². The number of fused-ring (bicyclic) bond motifs is 3. The van der Waals surface area contributed by atoms with Crippen LogP contribution < -0.4 is 10.1 Å². The van der Waals surface area contributed by atoms with Gasteiger partial charge in [-0.25, -0.2) is 4.79 Å². The Morgan fingerprint density at radius 1 is 1.06 bits per heavy atom. The number of anilines is 1. The maximum absolute atomic E-state index is 13.5. The molecule has 1 atom stereocenters. The molecule has 162 valence electrons. The molecule has 5 rings (SSSR count). The first kappa shape index (κ1) is 20.2. The number of carbonyl (C=O) groups excluding carboxylic acids is 1. The number of urea groups is 1. The zero-order valence-corrected chi connectivity index (χ0v) is 18.6. The lowest BCUT2D eigenvalue weighted by molar-refractivity contribution is 0.193. The molecule has 3 aromatic carbocycles. The fourth-order valence-electron chi connectivity index (χ4n) is 4.73. The van der Waals surface area contributed by atoms with Gasteiger partial charge in [-0.15, -0.1) is 0 Å². The minimum Gasteiger partial charge on any atom is -0.497 e. The number of nitrogens with one attached hydrogen (secondary N) is 2. The first-order chi connectivity index (χ1) is 15.5. The number of ether oxygens (including phenoxy) is 1. The van der Waals surface area contributed by atoms with Crippen molar-refractivity contribution >= 4 is 22.6 Å². The number of rotatable bonds is 3. The Morgan fingerprint density at radius 3 is 2.59 bits per heavy atom. The number of hydrogen-bond donors (Lipinski definition) is 2. The highest BCUT2D eigenvalue weighted by Gasteiger charge is 2.34. The summed E-state index contributed by atoms with van der Waals surface area (Å²) < 4.78 is 5.35. The van der Waals surface area contributed by atoms with Crippen LogP contribution in [0.5, 0.6) is 5.75 Å². The quantitative estimate of drug-likeness (QED) is 0.425. The number of amides is 2. The molecule has 0 spiro atoms. The standard InChI is InChI=1S/C27H27N3O2/c1-17-8-13-23(18(2)16-17)29-27(31)30-15-14-22-21-6-4-5-7-24(21)28-25(22)26(30)19-9-11-20(32-3)12-10-19/h4-13,16,26,28H,14-15H2,1-3H3,(H,29,31). The SMILES string of the molecule is COc1ccc(C2c3[nH]c4ccccc4c3CCN2C(=O)Nc2ccc(C)cc2C)cc1. The van der Waals surface area contributed by atoms with Gasteiger partial charge in [0.25, 0.3) is 0 Å². The molecule has 0 bridgehead atoms. The van der Waals surface area contributed by atoms with E-state index in [9.17, 15) is 4.79 Å². The van der Waals surface area contributed by atoms with Crippen molar-refractivity contribution in [2.24, 2.45) is 0 Å². The predicted octanol–water partition coefficient (Wildman–Crippen LogP) is 5.97. The minimum atomic E-state index is -0.206. The van der Waals surface area contributed by atoms with Crippen LogP contribution >= 0.6 is 0 Å². The summed E-state index contributed by atoms with van der Waals surface area (Å²) in [6.07, 6.45) is 0.812. The van der Waals surface area contributed by atoms with Crippen molar-refractivity contribution < 1.29 is 9.53 Å². The largest absolute Gasteiger partial charge is 0.497 e. The van der Waals surface area contributed by atoms with Crippen molar-refractivity contribution in [3.8, 4) is 5.75 Å². The predicted molar refractivity (Wildman–Crippen MR) is 128 cm³/mol. The molecular weight excluding hydrogens is 398 g/mol. The van der Waals surface area contributed by atoms with Crippen LogP contribution in [0.2, 0.25) is 0 Å². The summed E-state index contributed by atoms with van der Waals surface area (Å²) >= 11 is 0. The Bertz CT molecular complexity index is 1290. The first-order valence-electron chi connectivity index (χ1n) is 10.9. The lowest BCUT2D eigenvalue weighted by Crippen LogP contribution is -2.43. The minimum absolute atomic E-state index is 0.0953. The molecule has 32 heavy (non-hydrogen) atoms. The van der Waals surface area contributed by atoms with Crippen molar-refractivity contribution in [3.05, 3.63) is 94.7 Å². The highest BCUT2D eigenvalue weighted by Crippen LogP contribution is 2.39. The molecule has 2 N–H and O–H groups in total. The fourth-order valence-corrected chi connectivity index (χ4v) is 4.73. The van der Waals surface area contributed by atoms with Gasteiger partial charge in [0.1, 0.15) is 5.75 Å². The van der Waals surface area contributed by atoms with Crippen LogP contribution in [0.15, 0.2) is 66.7 Å². The summed E-state index contributed by atoms with van der Waals surface area (Å²) in [5.74, 6) is 0.799. The zero-order valence-electron chi connectivity index (χ0n) is 18.6. The second-order valence-electron chi connectivity index (χ2n) is 8.43. The molecule has 5 heteroatoms. The molecule has 0 radical (unpaired) electrons. The molecule has 0 aliphatic carbocycles. The molecule has 5 nitrogen and oxygen atoms in total. The van der Waals surface area contributed by atoms with Gasteiger partial charge >= 0.3 is 6.03 Å². The third-order valence-electron chi connectivity index (χ3n) is 6.35. The molecule has 1 aliphatic heterocycles. The smallest absolute Gasteiger partial charge is 0.322 e. The Morgan fingerprint density at radius 2 is 1.84 bits per heavy atom. The number of carbonyl (C=O) groups is 1. The van der Waals surface area contributed by atoms with Crippen LogP contribution in [0.3, 0.4) is 0 Å². The van der Waals surface area contributed by atoms with E-state index >= 15 is 0 Å². The maximum Gasteiger partial charge on any atom is 0.322 e. The number of benzene rings is 3. The van der Waals surface area contributed by atoms with Crippen LogP contribution in [-0.4, -0.2) is 29.6 Å². The second-order valence-corrected chi connectivity index (χ2v) is 8.43. The number of methoxy groups -OCH3 is 1. The van der Waals surface area contributed by atoms with Crippen LogP contribution in [0, 0.1) is 13.8 Å². The van der Waals surface area contributed by atoms with Gasteiger partial charge in [0, 0.05) is 28.8 Å². The molecule has 1 aromatic heterocycles. The Kier molecular flexibility index (Phi) is 5.10. The molecule has 1 unspecified atom stereocenters. The van der Waals surface area contributed by atoms with Gasteiger partial charge in [0.05, 0.1) is 13.2 Å². The number of para-hydroxylation sites is 1. The Hall–Kier alpha value is -3.73. The summed E-state index contributed by atoms with van der Waals surface area (Å²) in [6.45, 7) is 4.72. The van der Waals surface area contributed by atoms with E-state index in [4.69, 9.17) is 4.74 Å². The fraction of sp³-hybridized carbons (Fsp3) is 0.222. The normalized spacial score (nSPS) is 15.5. The highest BCUT2D eigenvalue weighted by atomic mass is 16.5. The van der Waals surface area contributed by atoms with E-state index in [2.05, 4.69) is 41.5 Å². The van der Waals surface area contributed by atoms with E-state index in [1.54, 1.807) is 7.11 Å². The van der Waals surface area contributed by atoms with Crippen molar-refractivity contribution in [1.29, 1.82) is 0 Å². The number of hydrogen-bond acceptors (Lipinski definition) is 2. The number of H-pyrrole nitrogens is 1. The summed E-state index contributed by atoms with van der Waals surface area (Å²) in [6, 6.07) is 22.1. The van der Waals surface area contributed by atoms with E-state index in [-0.39, 0.29) is 12.1 Å². The summed E-state index contributed by atoms with van der Waals surface area (Å²) in [5.41, 5.74) is 7.61. The van der Waals surface area contributed by atoms with Gasteiger partial charge in [-0.3, -0.25) is 0 Å². The van der Waals surface area contributed by atoms with Crippen LogP contribution in [0.25, 0.3) is 10.9 Å². The molecule has 0 saturated carbocycles. The molecule has 4 aromatic rings. The van der Waals surface area contributed by atoms with Gasteiger partial charge in [0.2, 0.25) is 0 Å². The molecule has 2 heterocycles. The molecule has 0 fully saturated rings. The van der Waals surface area contributed by atoms with Gasteiger partial charge in [-0.05, 0) is 61.2 Å². The lowest BCUT2D eigenvalue weighted by Gasteiger charge is -2.36. The molecule has 0 saturated heterocycles. The third kappa shape index (κ3) is 3.50. The number of aromatic nitrogens is 1. The van der Waals surface area contributed by atoms with Crippen LogP contribution in [0.1, 0.15) is 34.0 Å². The maximum atomic E-state index is 13.5. The Balaban J connectivity index is 1.56. The van der Waals surface area contributed by atoms with Gasteiger partial charge in [0.15, 0.2) is 0 Å². The van der Waals surface area contributed by atoms with E-state index < -0.39 is 0 Å². The monoisotopic (exact) mass is 425 g/mol. The van der Waals surface area contributed by atoms with Crippen molar-refractivity contribution in [2.75, 3.05) is 19.0 Å². The average molecular weight is 426 g/mol. The first-order valence-corrected chi connectivity index (χ1v) is 10.9. The number of aromatic amines is 1. The van der Waals surface area contributed by atoms with Crippen molar-refractivity contribution in [3.63, 3.8) is 0 Å². The van der Waals surface area contributed by atoms with E-state index in [0.29, 0.717) is 6.54 Å². The number of nitrogens with zero attached hydrogens (tertiary/aromatic N) is 1. The average Bonchev–Trinajstić information content (AvgIpc) is 3.19. The molecule has 2 amide bonds. The van der Waals surface area contributed by atoms with E-state index in [1.165, 1.54) is 16.5 Å². The van der Waals surface area contributed by atoms with Crippen molar-refractivity contribution in [1.82, 2.24) is 9.88 Å². The van der Waals surface area contributed by atoms with E-state index in [1.807, 2.05) is 54.3 Å². The van der Waals surface area contributed by atoms with E-state index in [0.717, 1.165) is 40.2 Å². The molecule has 1 aliphatic rings. The summed E-state index contributed by atoms with van der Waals surface area (Å²) in [4.78, 5) is 19.0. The highest BCUT2D eigenvalue weighted by molar-refractivity contribution is 5.92. The number of aryl methyl sites for hydroxylation is 2. The topological polar surface area (TPSA) is 57.4 Å². The van der Waals surface area contributed by atoms with Gasteiger partial charge in [-0.2, -0.15) is 0 Å². The van der Waals surface area contributed by atoms with Crippen LogP contribution in [0.4, 0.5) is 10.5 Å². The summed E-state index contributed by atoms with van der Waals surface area (Å²) in [5, 5.41) is 4.37. The van der Waals surface area contributed by atoms with Crippen molar-refractivity contribution in [2.45, 2.75) is 26.3 Å².